The van der Waals surface area contributed by atoms with E-state index in [9.17, 15) is 0 Å². The zero-order valence-electron chi connectivity index (χ0n) is 11.1. The molecule has 0 amide bonds. The van der Waals surface area contributed by atoms with Crippen LogP contribution in [0.15, 0.2) is 29.4 Å². The van der Waals surface area contributed by atoms with Gasteiger partial charge in [0.1, 0.15) is 6.07 Å². The van der Waals surface area contributed by atoms with Gasteiger partial charge in [-0.15, -0.1) is 0 Å². The molecule has 1 aromatic rings. The van der Waals surface area contributed by atoms with Crippen LogP contribution in [-0.2, 0) is 0 Å². The fourth-order valence-electron chi connectivity index (χ4n) is 2.01. The number of hydrazone groups is 1. The normalized spacial score (nSPS) is 15.6. The summed E-state index contributed by atoms with van der Waals surface area (Å²) in [6.45, 7) is 3.71. The van der Waals surface area contributed by atoms with Gasteiger partial charge in [0.15, 0.2) is 5.84 Å². The predicted molar refractivity (Wildman–Crippen MR) is 80.1 cm³/mol. The maximum absolute atomic E-state index is 8.83. The standard InChI is InChI=1S/C13H17N7/c14-9-11(13(15)16)19-18-10-3-1-2-4-12(10)20-7-5-17-6-8-20/h1-4,17-18H,5-8H2,(H3,15,16)/b19-11+. The summed E-state index contributed by atoms with van der Waals surface area (Å²) in [6, 6.07) is 9.53. The molecule has 0 saturated carbocycles. The summed E-state index contributed by atoms with van der Waals surface area (Å²) in [5, 5.41) is 23.2. The number of amidine groups is 1. The molecule has 104 valence electrons. The SMILES string of the molecule is N#C/C(=N\Nc1ccccc1N1CCNCC1)C(=N)N. The quantitative estimate of drug-likeness (QED) is 0.358. The summed E-state index contributed by atoms with van der Waals surface area (Å²) < 4.78 is 0. The molecule has 1 saturated heterocycles. The first kappa shape index (κ1) is 13.8. The number of piperazine rings is 1. The van der Waals surface area contributed by atoms with Crippen molar-refractivity contribution in [3.63, 3.8) is 0 Å². The molecule has 1 fully saturated rings. The van der Waals surface area contributed by atoms with Gasteiger partial charge >= 0.3 is 0 Å². The Kier molecular flexibility index (Phi) is 4.52. The molecule has 20 heavy (non-hydrogen) atoms. The summed E-state index contributed by atoms with van der Waals surface area (Å²) in [5.41, 5.74) is 9.79. The summed E-state index contributed by atoms with van der Waals surface area (Å²) in [5.74, 6) is -0.348. The van der Waals surface area contributed by atoms with Gasteiger partial charge in [-0.3, -0.25) is 10.8 Å². The molecule has 1 aliphatic rings. The second-order valence-electron chi connectivity index (χ2n) is 4.35. The van der Waals surface area contributed by atoms with Gasteiger partial charge in [-0.2, -0.15) is 10.4 Å². The molecule has 2 rings (SSSR count). The van der Waals surface area contributed by atoms with Crippen LogP contribution in [0.1, 0.15) is 0 Å². The summed E-state index contributed by atoms with van der Waals surface area (Å²) in [6.07, 6.45) is 0. The zero-order valence-corrected chi connectivity index (χ0v) is 11.1. The van der Waals surface area contributed by atoms with Gasteiger partial charge in [0, 0.05) is 26.2 Å². The number of hydrogen-bond donors (Lipinski definition) is 4. The van der Waals surface area contributed by atoms with Crippen molar-refractivity contribution in [3.8, 4) is 6.07 Å². The third-order valence-electron chi connectivity index (χ3n) is 3.01. The Morgan fingerprint density at radius 3 is 2.75 bits per heavy atom. The van der Waals surface area contributed by atoms with Crippen LogP contribution in [-0.4, -0.2) is 37.7 Å². The average Bonchev–Trinajstić information content (AvgIpc) is 2.49. The van der Waals surface area contributed by atoms with Gasteiger partial charge in [0.05, 0.1) is 11.4 Å². The smallest absolute Gasteiger partial charge is 0.201 e. The van der Waals surface area contributed by atoms with E-state index >= 15 is 0 Å². The van der Waals surface area contributed by atoms with Crippen molar-refractivity contribution >= 4 is 22.9 Å². The van der Waals surface area contributed by atoms with Crippen LogP contribution >= 0.6 is 0 Å². The van der Waals surface area contributed by atoms with E-state index < -0.39 is 0 Å². The van der Waals surface area contributed by atoms with Crippen LogP contribution in [0.2, 0.25) is 0 Å². The van der Waals surface area contributed by atoms with Crippen molar-refractivity contribution in [2.24, 2.45) is 10.8 Å². The number of anilines is 2. The molecule has 1 aromatic carbocycles. The average molecular weight is 271 g/mol. The first-order valence-corrected chi connectivity index (χ1v) is 6.35. The maximum Gasteiger partial charge on any atom is 0.201 e. The first-order valence-electron chi connectivity index (χ1n) is 6.35. The number of hydrogen-bond acceptors (Lipinski definition) is 6. The lowest BCUT2D eigenvalue weighted by molar-refractivity contribution is 0.589. The second-order valence-corrected chi connectivity index (χ2v) is 4.35. The third-order valence-corrected chi connectivity index (χ3v) is 3.01. The largest absolute Gasteiger partial charge is 0.382 e. The lowest BCUT2D eigenvalue weighted by Gasteiger charge is -2.30. The minimum Gasteiger partial charge on any atom is -0.382 e. The second kappa shape index (κ2) is 6.54. The van der Waals surface area contributed by atoms with Gasteiger partial charge in [0.2, 0.25) is 5.71 Å². The summed E-state index contributed by atoms with van der Waals surface area (Å²) >= 11 is 0. The van der Waals surface area contributed by atoms with Crippen molar-refractivity contribution in [1.82, 2.24) is 5.32 Å². The Morgan fingerprint density at radius 2 is 2.10 bits per heavy atom. The van der Waals surface area contributed by atoms with Gasteiger partial charge in [-0.25, -0.2) is 0 Å². The molecule has 7 heteroatoms. The van der Waals surface area contributed by atoms with Crippen LogP contribution in [0, 0.1) is 16.7 Å². The summed E-state index contributed by atoms with van der Waals surface area (Å²) in [7, 11) is 0. The van der Waals surface area contributed by atoms with E-state index in [0.717, 1.165) is 37.6 Å². The molecule has 0 aromatic heterocycles. The van der Waals surface area contributed by atoms with Crippen molar-refractivity contribution in [2.45, 2.75) is 0 Å². The highest BCUT2D eigenvalue weighted by Gasteiger charge is 2.13. The van der Waals surface area contributed by atoms with Crippen molar-refractivity contribution < 1.29 is 0 Å². The first-order chi connectivity index (χ1) is 9.72. The van der Waals surface area contributed by atoms with Gasteiger partial charge in [-0.05, 0) is 12.1 Å². The molecular weight excluding hydrogens is 254 g/mol. The number of para-hydroxylation sites is 2. The number of nitrogens with zero attached hydrogens (tertiary/aromatic N) is 3. The minimum atomic E-state index is -0.348. The molecule has 0 bridgehead atoms. The Hall–Kier alpha value is -2.59. The molecule has 0 spiro atoms. The lowest BCUT2D eigenvalue weighted by Crippen LogP contribution is -2.43. The molecule has 0 unspecified atom stereocenters. The van der Waals surface area contributed by atoms with E-state index in [2.05, 4.69) is 20.7 Å². The van der Waals surface area contributed by atoms with Crippen LogP contribution in [0.5, 0.6) is 0 Å². The van der Waals surface area contributed by atoms with E-state index in [1.54, 1.807) is 6.07 Å². The Bertz CT molecular complexity index is 552. The van der Waals surface area contributed by atoms with Crippen LogP contribution in [0.4, 0.5) is 11.4 Å². The molecule has 0 radical (unpaired) electrons. The molecule has 1 heterocycles. The monoisotopic (exact) mass is 271 g/mol. The Balaban J connectivity index is 2.20. The van der Waals surface area contributed by atoms with Crippen molar-refractivity contribution in [1.29, 1.82) is 10.7 Å². The third kappa shape index (κ3) is 3.24. The van der Waals surface area contributed by atoms with Crippen molar-refractivity contribution in [3.05, 3.63) is 24.3 Å². The fourth-order valence-corrected chi connectivity index (χ4v) is 2.01. The highest BCUT2D eigenvalue weighted by Crippen LogP contribution is 2.25. The highest BCUT2D eigenvalue weighted by atomic mass is 15.3. The van der Waals surface area contributed by atoms with Gasteiger partial charge in [0.25, 0.3) is 0 Å². The van der Waals surface area contributed by atoms with Crippen LogP contribution < -0.4 is 21.4 Å². The fraction of sp³-hybridized carbons (Fsp3) is 0.308. The number of nitriles is 1. The van der Waals surface area contributed by atoms with E-state index in [0.29, 0.717) is 0 Å². The number of nitrogens with two attached hydrogens (primary N) is 1. The number of benzene rings is 1. The molecule has 0 atom stereocenters. The molecule has 7 nitrogen and oxygen atoms in total. The number of rotatable bonds is 4. The van der Waals surface area contributed by atoms with Crippen LogP contribution in [0.25, 0.3) is 0 Å². The van der Waals surface area contributed by atoms with Crippen molar-refractivity contribution in [2.75, 3.05) is 36.5 Å². The van der Waals surface area contributed by atoms with Crippen LogP contribution in [0.3, 0.4) is 0 Å². The maximum atomic E-state index is 8.83. The van der Waals surface area contributed by atoms with E-state index in [1.165, 1.54) is 0 Å². The zero-order chi connectivity index (χ0) is 14.4. The van der Waals surface area contributed by atoms with E-state index in [1.807, 2.05) is 24.3 Å². The Morgan fingerprint density at radius 1 is 1.40 bits per heavy atom. The lowest BCUT2D eigenvalue weighted by atomic mass is 10.2. The predicted octanol–water partition coefficient (Wildman–Crippen LogP) is 0.324. The van der Waals surface area contributed by atoms with Gasteiger partial charge < -0.3 is 16.0 Å². The van der Waals surface area contributed by atoms with E-state index in [4.69, 9.17) is 16.4 Å². The topological polar surface area (TPSA) is 113 Å². The molecule has 1 aliphatic heterocycles. The molecular formula is C13H17N7. The molecule has 5 N–H and O–H groups in total. The number of nitrogens with one attached hydrogen (secondary N) is 3. The molecule has 0 aliphatic carbocycles. The highest BCUT2D eigenvalue weighted by molar-refractivity contribution is 6.45. The van der Waals surface area contributed by atoms with Gasteiger partial charge in [-0.1, -0.05) is 12.1 Å². The Labute approximate surface area is 117 Å². The van der Waals surface area contributed by atoms with E-state index in [-0.39, 0.29) is 11.5 Å². The summed E-state index contributed by atoms with van der Waals surface area (Å²) in [4.78, 5) is 2.24. The minimum absolute atomic E-state index is 0.125.